The molecule has 0 aromatic carbocycles. The highest BCUT2D eigenvalue weighted by Gasteiger charge is 2.51. The lowest BCUT2D eigenvalue weighted by molar-refractivity contribution is -0.790. The van der Waals surface area contributed by atoms with E-state index in [1.807, 2.05) is 0 Å². The lowest BCUT2D eigenvalue weighted by atomic mass is 10.1. The van der Waals surface area contributed by atoms with E-state index in [0.717, 1.165) is 0 Å². The molecule has 0 bridgehead atoms. The molecule has 1 aromatic heterocycles. The molecule has 0 N–H and O–H groups in total. The molecule has 3 heterocycles. The van der Waals surface area contributed by atoms with Gasteiger partial charge in [-0.3, -0.25) is 9.78 Å². The second-order valence-corrected chi connectivity index (χ2v) is 7.17. The minimum absolute atomic E-state index is 0.0417. The highest BCUT2D eigenvalue weighted by Crippen LogP contribution is 2.31. The molecule has 2 aliphatic rings. The summed E-state index contributed by atoms with van der Waals surface area (Å²) >= 11 is 0. The SMILES string of the molecule is O=C(CCCC(CO[N+](=O)[O-])O[N+](=O)[O-])O[C@@H]1CO[C@H]2[C@@H]1OC[C@H]2OC(=O)c1cccnc1. The Labute approximate surface area is 186 Å². The smallest absolute Gasteiger partial charge is 0.340 e. The number of pyridine rings is 1. The van der Waals surface area contributed by atoms with Gasteiger partial charge in [0.05, 0.1) is 18.8 Å². The molecule has 3 rings (SSSR count). The molecule has 0 spiro atoms. The predicted octanol–water partition coefficient (Wildman–Crippen LogP) is 0.272. The number of fused-ring (bicyclic) bond motifs is 1. The maximum Gasteiger partial charge on any atom is 0.340 e. The fourth-order valence-corrected chi connectivity index (χ4v) is 3.45. The zero-order valence-electron chi connectivity index (χ0n) is 17.2. The summed E-state index contributed by atoms with van der Waals surface area (Å²) in [5.74, 6) is -1.19. The van der Waals surface area contributed by atoms with E-state index in [4.69, 9.17) is 18.9 Å². The molecule has 1 unspecified atom stereocenters. The van der Waals surface area contributed by atoms with E-state index < -0.39 is 59.2 Å². The molecule has 15 nitrogen and oxygen atoms in total. The molecular formula is C18H21N3O12. The van der Waals surface area contributed by atoms with Crippen LogP contribution in [0.15, 0.2) is 24.5 Å². The van der Waals surface area contributed by atoms with Crippen LogP contribution in [-0.2, 0) is 33.4 Å². The van der Waals surface area contributed by atoms with Crippen molar-refractivity contribution in [2.24, 2.45) is 0 Å². The highest BCUT2D eigenvalue weighted by molar-refractivity contribution is 5.89. The van der Waals surface area contributed by atoms with Crippen LogP contribution in [0.1, 0.15) is 29.6 Å². The summed E-state index contributed by atoms with van der Waals surface area (Å²) in [5.41, 5.74) is 0.282. The molecule has 0 radical (unpaired) electrons. The Bertz CT molecular complexity index is 853. The van der Waals surface area contributed by atoms with Crippen LogP contribution in [0, 0.1) is 20.2 Å². The Balaban J connectivity index is 1.41. The number of carbonyl (C=O) groups is 2. The van der Waals surface area contributed by atoms with E-state index >= 15 is 0 Å². The number of rotatable bonds is 12. The van der Waals surface area contributed by atoms with Gasteiger partial charge in [0.15, 0.2) is 12.2 Å². The van der Waals surface area contributed by atoms with Crippen molar-refractivity contribution < 1.29 is 48.4 Å². The summed E-state index contributed by atoms with van der Waals surface area (Å²) < 4.78 is 22.0. The highest BCUT2D eigenvalue weighted by atomic mass is 17.0. The molecule has 33 heavy (non-hydrogen) atoms. The van der Waals surface area contributed by atoms with Gasteiger partial charge in [-0.1, -0.05) is 0 Å². The van der Waals surface area contributed by atoms with Crippen LogP contribution in [0.2, 0.25) is 0 Å². The van der Waals surface area contributed by atoms with Gasteiger partial charge in [-0.2, -0.15) is 0 Å². The first-order valence-corrected chi connectivity index (χ1v) is 9.95. The molecule has 0 saturated carbocycles. The van der Waals surface area contributed by atoms with Crippen molar-refractivity contribution in [3.63, 3.8) is 0 Å². The number of nitrogens with zero attached hydrogens (tertiary/aromatic N) is 3. The van der Waals surface area contributed by atoms with Crippen molar-refractivity contribution in [3.05, 3.63) is 50.3 Å². The van der Waals surface area contributed by atoms with Gasteiger partial charge >= 0.3 is 11.9 Å². The van der Waals surface area contributed by atoms with Crippen LogP contribution in [0.25, 0.3) is 0 Å². The lowest BCUT2D eigenvalue weighted by Gasteiger charge is -2.17. The second-order valence-electron chi connectivity index (χ2n) is 7.17. The molecule has 2 fully saturated rings. The maximum atomic E-state index is 12.2. The molecule has 2 saturated heterocycles. The van der Waals surface area contributed by atoms with Crippen LogP contribution in [0.4, 0.5) is 0 Å². The van der Waals surface area contributed by atoms with Gasteiger partial charge in [-0.05, 0) is 25.0 Å². The average molecular weight is 471 g/mol. The number of hydrogen-bond acceptors (Lipinski definition) is 13. The van der Waals surface area contributed by atoms with Gasteiger partial charge in [-0.25, -0.2) is 4.79 Å². The molecule has 15 heteroatoms. The topological polar surface area (TPSA) is 189 Å². The summed E-state index contributed by atoms with van der Waals surface area (Å²) in [6.45, 7) is -0.520. The van der Waals surface area contributed by atoms with Crippen molar-refractivity contribution in [3.8, 4) is 0 Å². The number of aromatic nitrogens is 1. The first kappa shape index (κ1) is 24.1. The lowest BCUT2D eigenvalue weighted by Crippen LogP contribution is -2.36. The van der Waals surface area contributed by atoms with Gasteiger partial charge in [0, 0.05) is 18.8 Å². The number of esters is 2. The zero-order chi connectivity index (χ0) is 23.8. The molecule has 180 valence electrons. The Kier molecular flexibility index (Phi) is 8.26. The normalized spacial score (nSPS) is 24.4. The quantitative estimate of drug-likeness (QED) is 0.230. The third-order valence-electron chi connectivity index (χ3n) is 4.91. The van der Waals surface area contributed by atoms with Crippen LogP contribution in [0.3, 0.4) is 0 Å². The Morgan fingerprint density at radius 2 is 1.82 bits per heavy atom. The van der Waals surface area contributed by atoms with Crippen molar-refractivity contribution >= 4 is 11.9 Å². The van der Waals surface area contributed by atoms with Crippen molar-refractivity contribution in [1.29, 1.82) is 0 Å². The minimum Gasteiger partial charge on any atom is -0.457 e. The van der Waals surface area contributed by atoms with Crippen LogP contribution in [-0.4, -0.2) is 77.4 Å². The molecule has 2 aliphatic heterocycles. The van der Waals surface area contributed by atoms with Crippen LogP contribution >= 0.6 is 0 Å². The number of hydrogen-bond donors (Lipinski definition) is 0. The summed E-state index contributed by atoms with van der Waals surface area (Å²) in [7, 11) is 0. The summed E-state index contributed by atoms with van der Waals surface area (Å²) in [5, 5.41) is 18.5. The van der Waals surface area contributed by atoms with E-state index in [0.29, 0.717) is 0 Å². The molecule has 1 aromatic rings. The van der Waals surface area contributed by atoms with Crippen LogP contribution in [0.5, 0.6) is 0 Å². The standard InChI is InChI=1S/C18H21N3O12/c22-15(5-1-4-12(33-21(26)27)8-30-20(24)25)31-13-9-28-17-14(10-29-16(13)17)32-18(23)11-3-2-6-19-7-11/h2-3,6-7,12-14,16-17H,1,4-5,8-10H2/t12?,13-,14-,16-,17-/m1/s1. The monoisotopic (exact) mass is 471 g/mol. The summed E-state index contributed by atoms with van der Waals surface area (Å²) in [6.07, 6.45) is -0.955. The van der Waals surface area contributed by atoms with Crippen molar-refractivity contribution in [1.82, 2.24) is 4.98 Å². The molecule has 0 aliphatic carbocycles. The maximum absolute atomic E-state index is 12.2. The average Bonchev–Trinajstić information content (AvgIpc) is 3.35. The van der Waals surface area contributed by atoms with Gasteiger partial charge in [0.1, 0.15) is 24.9 Å². The van der Waals surface area contributed by atoms with E-state index in [9.17, 15) is 29.8 Å². The van der Waals surface area contributed by atoms with Crippen molar-refractivity contribution in [2.75, 3.05) is 19.8 Å². The van der Waals surface area contributed by atoms with E-state index in [-0.39, 0.29) is 38.0 Å². The molecule has 0 amide bonds. The predicted molar refractivity (Wildman–Crippen MR) is 101 cm³/mol. The Hall–Kier alpha value is -3.59. The second kappa shape index (κ2) is 11.3. The number of ether oxygens (including phenoxy) is 4. The first-order chi connectivity index (χ1) is 15.8. The van der Waals surface area contributed by atoms with E-state index in [2.05, 4.69) is 14.7 Å². The molecule has 5 atom stereocenters. The first-order valence-electron chi connectivity index (χ1n) is 9.95. The third kappa shape index (κ3) is 6.95. The Morgan fingerprint density at radius 1 is 1.12 bits per heavy atom. The van der Waals surface area contributed by atoms with Gasteiger partial charge in [0.25, 0.3) is 10.2 Å². The minimum atomic E-state index is -1.20. The Morgan fingerprint density at radius 3 is 2.42 bits per heavy atom. The van der Waals surface area contributed by atoms with Crippen molar-refractivity contribution in [2.45, 2.75) is 49.8 Å². The summed E-state index contributed by atoms with van der Waals surface area (Å²) in [6, 6.07) is 3.17. The molecular weight excluding hydrogens is 450 g/mol. The number of carbonyl (C=O) groups excluding carboxylic acids is 2. The van der Waals surface area contributed by atoms with Gasteiger partial charge in [0.2, 0.25) is 0 Å². The third-order valence-corrected chi connectivity index (χ3v) is 4.91. The van der Waals surface area contributed by atoms with Crippen LogP contribution < -0.4 is 0 Å². The van der Waals surface area contributed by atoms with E-state index in [1.165, 1.54) is 12.4 Å². The zero-order valence-corrected chi connectivity index (χ0v) is 17.2. The van der Waals surface area contributed by atoms with Gasteiger partial charge < -0.3 is 28.6 Å². The largest absolute Gasteiger partial charge is 0.457 e. The fraction of sp³-hybridized carbons (Fsp3) is 0.611. The summed E-state index contributed by atoms with van der Waals surface area (Å²) in [4.78, 5) is 57.3. The fourth-order valence-electron chi connectivity index (χ4n) is 3.45. The van der Waals surface area contributed by atoms with Gasteiger partial charge in [-0.15, -0.1) is 20.2 Å². The van der Waals surface area contributed by atoms with E-state index in [1.54, 1.807) is 12.1 Å².